The average Bonchev–Trinajstić information content (AvgIpc) is 2.49. The number of benzene rings is 2. The summed E-state index contributed by atoms with van der Waals surface area (Å²) >= 11 is 3.14. The van der Waals surface area contributed by atoms with E-state index in [1.807, 2.05) is 18.2 Å². The number of rotatable bonds is 2. The number of aryl methyl sites for hydroxylation is 1. The van der Waals surface area contributed by atoms with Crippen molar-refractivity contribution >= 4 is 15.9 Å². The van der Waals surface area contributed by atoms with Gasteiger partial charge in [-0.25, -0.2) is 4.39 Å². The highest BCUT2D eigenvalue weighted by molar-refractivity contribution is 9.10. The standard InChI is InChI=1S/C16H14BrFO2/c17-13-9-11(6-7-14(13)18)15(19)12-5-1-3-10-4-2-8-20-16(10)12/h1,3,5-7,9,15,19H,2,4,8H2. The maximum absolute atomic E-state index is 13.3. The number of para-hydroxylation sites is 1. The predicted molar refractivity (Wildman–Crippen MR) is 78.4 cm³/mol. The van der Waals surface area contributed by atoms with Crippen molar-refractivity contribution in [2.75, 3.05) is 6.61 Å². The molecule has 2 aromatic carbocycles. The van der Waals surface area contributed by atoms with Crippen LogP contribution in [0.25, 0.3) is 0 Å². The van der Waals surface area contributed by atoms with Crippen LogP contribution in [0.3, 0.4) is 0 Å². The van der Waals surface area contributed by atoms with E-state index in [-0.39, 0.29) is 5.82 Å². The maximum Gasteiger partial charge on any atom is 0.137 e. The summed E-state index contributed by atoms with van der Waals surface area (Å²) in [4.78, 5) is 0. The lowest BCUT2D eigenvalue weighted by molar-refractivity contribution is 0.206. The third kappa shape index (κ3) is 2.45. The number of aliphatic hydroxyl groups is 1. The first-order valence-corrected chi connectivity index (χ1v) is 7.33. The largest absolute Gasteiger partial charge is 0.493 e. The molecule has 2 aromatic rings. The first-order chi connectivity index (χ1) is 9.66. The molecule has 104 valence electrons. The Morgan fingerprint density at radius 2 is 2.10 bits per heavy atom. The molecule has 0 radical (unpaired) electrons. The van der Waals surface area contributed by atoms with Gasteiger partial charge in [0.15, 0.2) is 0 Å². The van der Waals surface area contributed by atoms with Gasteiger partial charge in [0.05, 0.1) is 11.1 Å². The minimum Gasteiger partial charge on any atom is -0.493 e. The van der Waals surface area contributed by atoms with Crippen molar-refractivity contribution in [1.29, 1.82) is 0 Å². The zero-order valence-electron chi connectivity index (χ0n) is 10.8. The molecule has 0 fully saturated rings. The summed E-state index contributed by atoms with van der Waals surface area (Å²) in [7, 11) is 0. The van der Waals surface area contributed by atoms with E-state index in [0.29, 0.717) is 16.6 Å². The van der Waals surface area contributed by atoms with E-state index < -0.39 is 6.10 Å². The molecule has 1 aliphatic rings. The van der Waals surface area contributed by atoms with E-state index in [9.17, 15) is 9.50 Å². The van der Waals surface area contributed by atoms with Crippen molar-refractivity contribution in [2.45, 2.75) is 18.9 Å². The van der Waals surface area contributed by atoms with Crippen LogP contribution < -0.4 is 4.74 Å². The molecule has 0 aliphatic carbocycles. The lowest BCUT2D eigenvalue weighted by Crippen LogP contribution is -2.12. The smallest absolute Gasteiger partial charge is 0.137 e. The van der Waals surface area contributed by atoms with Gasteiger partial charge in [0.2, 0.25) is 0 Å². The molecule has 0 aromatic heterocycles. The van der Waals surface area contributed by atoms with Crippen molar-refractivity contribution in [3.05, 3.63) is 63.4 Å². The van der Waals surface area contributed by atoms with Gasteiger partial charge in [-0.15, -0.1) is 0 Å². The van der Waals surface area contributed by atoms with Crippen molar-refractivity contribution in [2.24, 2.45) is 0 Å². The van der Waals surface area contributed by atoms with Crippen LogP contribution in [-0.2, 0) is 6.42 Å². The Morgan fingerprint density at radius 1 is 1.25 bits per heavy atom. The first-order valence-electron chi connectivity index (χ1n) is 6.54. The molecule has 0 bridgehead atoms. The van der Waals surface area contributed by atoms with Gasteiger partial charge in [-0.2, -0.15) is 0 Å². The topological polar surface area (TPSA) is 29.5 Å². The molecule has 1 N–H and O–H groups in total. The predicted octanol–water partition coefficient (Wildman–Crippen LogP) is 3.99. The van der Waals surface area contributed by atoms with Crippen LogP contribution >= 0.6 is 15.9 Å². The Hall–Kier alpha value is -1.39. The van der Waals surface area contributed by atoms with Gasteiger partial charge in [0, 0.05) is 5.56 Å². The van der Waals surface area contributed by atoms with E-state index in [0.717, 1.165) is 29.7 Å². The Bertz CT molecular complexity index is 642. The molecule has 1 aliphatic heterocycles. The maximum atomic E-state index is 13.3. The normalized spacial score (nSPS) is 15.3. The third-order valence-corrected chi connectivity index (χ3v) is 4.13. The van der Waals surface area contributed by atoms with Crippen LogP contribution in [0.5, 0.6) is 5.75 Å². The van der Waals surface area contributed by atoms with Crippen molar-refractivity contribution in [3.8, 4) is 5.75 Å². The van der Waals surface area contributed by atoms with Gasteiger partial charge in [0.25, 0.3) is 0 Å². The number of fused-ring (bicyclic) bond motifs is 1. The van der Waals surface area contributed by atoms with E-state index >= 15 is 0 Å². The Labute approximate surface area is 125 Å². The summed E-state index contributed by atoms with van der Waals surface area (Å²) in [6.07, 6.45) is 1.14. The van der Waals surface area contributed by atoms with Crippen molar-refractivity contribution in [3.63, 3.8) is 0 Å². The minimum atomic E-state index is -0.819. The minimum absolute atomic E-state index is 0.340. The fourth-order valence-corrected chi connectivity index (χ4v) is 2.89. The Balaban J connectivity index is 2.02. The van der Waals surface area contributed by atoms with Crippen LogP contribution in [0.1, 0.15) is 29.2 Å². The molecular weight excluding hydrogens is 323 g/mol. The summed E-state index contributed by atoms with van der Waals surface area (Å²) < 4.78 is 19.3. The molecule has 1 atom stereocenters. The monoisotopic (exact) mass is 336 g/mol. The Kier molecular flexibility index (Phi) is 3.76. The SMILES string of the molecule is OC(c1ccc(F)c(Br)c1)c1cccc2c1OCCC2. The van der Waals surface area contributed by atoms with Crippen LogP contribution in [-0.4, -0.2) is 11.7 Å². The second-order valence-electron chi connectivity index (χ2n) is 4.86. The second-order valence-corrected chi connectivity index (χ2v) is 5.72. The summed E-state index contributed by atoms with van der Waals surface area (Å²) in [5.41, 5.74) is 2.50. The highest BCUT2D eigenvalue weighted by Crippen LogP contribution is 2.36. The second kappa shape index (κ2) is 5.54. The van der Waals surface area contributed by atoms with Crippen LogP contribution in [0, 0.1) is 5.82 Å². The summed E-state index contributed by atoms with van der Waals surface area (Å²) in [6.45, 7) is 0.670. The highest BCUT2D eigenvalue weighted by Gasteiger charge is 2.21. The van der Waals surface area contributed by atoms with Gasteiger partial charge in [-0.05, 0) is 52.0 Å². The van der Waals surface area contributed by atoms with Gasteiger partial charge in [-0.1, -0.05) is 24.3 Å². The molecule has 1 unspecified atom stereocenters. The first kappa shape index (κ1) is 13.6. The van der Waals surface area contributed by atoms with Gasteiger partial charge >= 0.3 is 0 Å². The van der Waals surface area contributed by atoms with Crippen LogP contribution in [0.15, 0.2) is 40.9 Å². The molecule has 20 heavy (non-hydrogen) atoms. The molecular formula is C16H14BrFO2. The number of ether oxygens (including phenoxy) is 1. The molecule has 1 heterocycles. The van der Waals surface area contributed by atoms with Crippen LogP contribution in [0.2, 0.25) is 0 Å². The van der Waals surface area contributed by atoms with Crippen molar-refractivity contribution in [1.82, 2.24) is 0 Å². The summed E-state index contributed by atoms with van der Waals surface area (Å²) in [5.74, 6) is 0.430. The lowest BCUT2D eigenvalue weighted by atomic mass is 9.95. The molecule has 3 rings (SSSR count). The van der Waals surface area contributed by atoms with Gasteiger partial charge in [0.1, 0.15) is 17.7 Å². The molecule has 4 heteroatoms. The number of halogens is 2. The molecule has 0 saturated heterocycles. The van der Waals surface area contributed by atoms with E-state index in [4.69, 9.17) is 4.74 Å². The zero-order chi connectivity index (χ0) is 14.1. The fraction of sp³-hybridized carbons (Fsp3) is 0.250. The fourth-order valence-electron chi connectivity index (χ4n) is 2.49. The van der Waals surface area contributed by atoms with E-state index in [1.165, 1.54) is 6.07 Å². The molecule has 0 amide bonds. The zero-order valence-corrected chi connectivity index (χ0v) is 12.4. The lowest BCUT2D eigenvalue weighted by Gasteiger charge is -2.23. The molecule has 0 saturated carbocycles. The molecule has 0 spiro atoms. The third-order valence-electron chi connectivity index (χ3n) is 3.52. The summed E-state index contributed by atoms with van der Waals surface area (Å²) in [5, 5.41) is 10.5. The quantitative estimate of drug-likeness (QED) is 0.898. The Morgan fingerprint density at radius 3 is 2.90 bits per heavy atom. The number of hydrogen-bond acceptors (Lipinski definition) is 2. The van der Waals surface area contributed by atoms with Crippen LogP contribution in [0.4, 0.5) is 4.39 Å². The number of hydrogen-bond donors (Lipinski definition) is 1. The molecule has 2 nitrogen and oxygen atoms in total. The van der Waals surface area contributed by atoms with E-state index in [1.54, 1.807) is 12.1 Å². The van der Waals surface area contributed by atoms with Crippen molar-refractivity contribution < 1.29 is 14.2 Å². The van der Waals surface area contributed by atoms with Gasteiger partial charge < -0.3 is 9.84 Å². The average molecular weight is 337 g/mol. The van der Waals surface area contributed by atoms with Gasteiger partial charge in [-0.3, -0.25) is 0 Å². The highest BCUT2D eigenvalue weighted by atomic mass is 79.9. The number of aliphatic hydroxyl groups excluding tert-OH is 1. The van der Waals surface area contributed by atoms with E-state index in [2.05, 4.69) is 15.9 Å². The summed E-state index contributed by atoms with van der Waals surface area (Å²) in [6, 6.07) is 10.3.